The third kappa shape index (κ3) is 3.91. The third-order valence-corrected chi connectivity index (χ3v) is 4.40. The predicted octanol–water partition coefficient (Wildman–Crippen LogP) is 0.308. The maximum absolute atomic E-state index is 12.2. The van der Waals surface area contributed by atoms with Gasteiger partial charge in [0.05, 0.1) is 6.10 Å². The molecule has 0 aromatic carbocycles. The first-order valence-electron chi connectivity index (χ1n) is 7.30. The Morgan fingerprint density at radius 3 is 2.63 bits per heavy atom. The third-order valence-electron chi connectivity index (χ3n) is 4.40. The number of hydrogen-bond acceptors (Lipinski definition) is 4. The topological polar surface area (TPSA) is 44.8 Å². The molecule has 0 aromatic heterocycles. The van der Waals surface area contributed by atoms with Gasteiger partial charge in [0.15, 0.2) is 0 Å². The summed E-state index contributed by atoms with van der Waals surface area (Å²) >= 11 is 0. The van der Waals surface area contributed by atoms with Crippen LogP contribution in [0.25, 0.3) is 0 Å². The molecule has 0 aromatic rings. The van der Waals surface area contributed by atoms with Crippen LogP contribution in [0.3, 0.4) is 0 Å². The number of carbonyl (C=O) groups is 1. The van der Waals surface area contributed by atoms with Crippen LogP contribution in [0.15, 0.2) is 0 Å². The van der Waals surface area contributed by atoms with Crippen molar-refractivity contribution in [3.05, 3.63) is 0 Å². The summed E-state index contributed by atoms with van der Waals surface area (Å²) in [5.74, 6) is 0.139. The fourth-order valence-corrected chi connectivity index (χ4v) is 2.70. The standard InChI is InChI=1S/C14H27N3O2/c1-14(2)11-17(9-8-16(14)3)13(18)10-19-12-4-6-15-7-5-12/h12,15H,4-11H2,1-3H3. The van der Waals surface area contributed by atoms with E-state index in [4.69, 9.17) is 4.74 Å². The van der Waals surface area contributed by atoms with E-state index < -0.39 is 0 Å². The van der Waals surface area contributed by atoms with E-state index in [1.54, 1.807) is 0 Å². The smallest absolute Gasteiger partial charge is 0.248 e. The molecule has 2 fully saturated rings. The van der Waals surface area contributed by atoms with Crippen LogP contribution in [0.5, 0.6) is 0 Å². The molecule has 2 aliphatic heterocycles. The van der Waals surface area contributed by atoms with Gasteiger partial charge in [-0.3, -0.25) is 9.69 Å². The zero-order chi connectivity index (χ0) is 13.9. The minimum atomic E-state index is 0.0582. The molecule has 0 atom stereocenters. The van der Waals surface area contributed by atoms with Crippen molar-refractivity contribution in [2.45, 2.75) is 38.3 Å². The highest BCUT2D eigenvalue weighted by Crippen LogP contribution is 2.19. The lowest BCUT2D eigenvalue weighted by Crippen LogP contribution is -2.59. The number of hydrogen-bond donors (Lipinski definition) is 1. The summed E-state index contributed by atoms with van der Waals surface area (Å²) in [7, 11) is 2.12. The highest BCUT2D eigenvalue weighted by atomic mass is 16.5. The molecule has 2 aliphatic rings. The Balaban J connectivity index is 1.76. The molecule has 0 spiro atoms. The summed E-state index contributed by atoms with van der Waals surface area (Å²) in [6.45, 7) is 9.14. The minimum Gasteiger partial charge on any atom is -0.368 e. The molecule has 1 amide bonds. The molecule has 2 heterocycles. The monoisotopic (exact) mass is 269 g/mol. The van der Waals surface area contributed by atoms with Gasteiger partial charge in [-0.25, -0.2) is 0 Å². The Morgan fingerprint density at radius 1 is 1.32 bits per heavy atom. The van der Waals surface area contributed by atoms with Gasteiger partial charge in [-0.2, -0.15) is 0 Å². The van der Waals surface area contributed by atoms with Gasteiger partial charge >= 0.3 is 0 Å². The minimum absolute atomic E-state index is 0.0582. The molecule has 5 nitrogen and oxygen atoms in total. The van der Waals surface area contributed by atoms with Gasteiger partial charge in [-0.1, -0.05) is 0 Å². The highest BCUT2D eigenvalue weighted by Gasteiger charge is 2.33. The Hall–Kier alpha value is -0.650. The van der Waals surface area contributed by atoms with E-state index in [0.29, 0.717) is 0 Å². The van der Waals surface area contributed by atoms with E-state index in [-0.39, 0.29) is 24.2 Å². The van der Waals surface area contributed by atoms with Crippen LogP contribution in [0, 0.1) is 0 Å². The quantitative estimate of drug-likeness (QED) is 0.801. The molecule has 0 unspecified atom stereocenters. The Kier molecular flexibility index (Phi) is 4.81. The Bertz CT molecular complexity index is 314. The average molecular weight is 269 g/mol. The maximum atomic E-state index is 12.2. The number of nitrogens with one attached hydrogen (secondary N) is 1. The van der Waals surface area contributed by atoms with E-state index in [1.165, 1.54) is 0 Å². The van der Waals surface area contributed by atoms with Gasteiger partial charge in [0.2, 0.25) is 5.91 Å². The van der Waals surface area contributed by atoms with Crippen molar-refractivity contribution in [1.82, 2.24) is 15.1 Å². The van der Waals surface area contributed by atoms with Crippen molar-refractivity contribution in [1.29, 1.82) is 0 Å². The molecule has 110 valence electrons. The first kappa shape index (κ1) is 14.8. The molecule has 0 saturated carbocycles. The van der Waals surface area contributed by atoms with Crippen LogP contribution in [-0.4, -0.2) is 73.7 Å². The molecule has 5 heteroatoms. The molecular weight excluding hydrogens is 242 g/mol. The lowest BCUT2D eigenvalue weighted by atomic mass is 10.00. The van der Waals surface area contributed by atoms with Crippen molar-refractivity contribution in [2.75, 3.05) is 46.4 Å². The summed E-state index contributed by atoms with van der Waals surface area (Å²) < 4.78 is 5.75. The Morgan fingerprint density at radius 2 is 2.00 bits per heavy atom. The summed E-state index contributed by atoms with van der Waals surface area (Å²) in [5, 5.41) is 3.30. The first-order chi connectivity index (χ1) is 8.99. The number of likely N-dealkylation sites (N-methyl/N-ethyl adjacent to an activating group) is 1. The Labute approximate surface area is 116 Å². The lowest BCUT2D eigenvalue weighted by molar-refractivity contribution is -0.143. The van der Waals surface area contributed by atoms with Gasteiger partial charge in [-0.15, -0.1) is 0 Å². The molecule has 1 N–H and O–H groups in total. The number of nitrogens with zero attached hydrogens (tertiary/aromatic N) is 2. The van der Waals surface area contributed by atoms with Crippen molar-refractivity contribution >= 4 is 5.91 Å². The van der Waals surface area contributed by atoms with Crippen molar-refractivity contribution in [3.8, 4) is 0 Å². The zero-order valence-electron chi connectivity index (χ0n) is 12.4. The normalized spacial score (nSPS) is 25.5. The SMILES string of the molecule is CN1CCN(C(=O)COC2CCNCC2)CC1(C)C. The number of ether oxygens (including phenoxy) is 1. The highest BCUT2D eigenvalue weighted by molar-refractivity contribution is 5.77. The summed E-state index contributed by atoms with van der Waals surface area (Å²) in [6, 6.07) is 0. The second-order valence-electron chi connectivity index (χ2n) is 6.31. The average Bonchev–Trinajstić information content (AvgIpc) is 2.40. The summed E-state index contributed by atoms with van der Waals surface area (Å²) in [6.07, 6.45) is 2.29. The number of piperidine rings is 1. The van der Waals surface area contributed by atoms with Gasteiger partial charge in [0, 0.05) is 25.2 Å². The predicted molar refractivity (Wildman–Crippen MR) is 75.1 cm³/mol. The van der Waals surface area contributed by atoms with Gasteiger partial charge in [0.1, 0.15) is 6.61 Å². The van der Waals surface area contributed by atoms with E-state index >= 15 is 0 Å². The van der Waals surface area contributed by atoms with Crippen LogP contribution >= 0.6 is 0 Å². The fraction of sp³-hybridized carbons (Fsp3) is 0.929. The van der Waals surface area contributed by atoms with E-state index in [0.717, 1.165) is 45.6 Å². The zero-order valence-corrected chi connectivity index (χ0v) is 12.4. The summed E-state index contributed by atoms with van der Waals surface area (Å²) in [5.41, 5.74) is 0.0582. The molecule has 19 heavy (non-hydrogen) atoms. The number of rotatable bonds is 3. The second kappa shape index (κ2) is 6.20. The fourth-order valence-electron chi connectivity index (χ4n) is 2.70. The van der Waals surface area contributed by atoms with E-state index in [1.807, 2.05) is 4.90 Å². The lowest BCUT2D eigenvalue weighted by Gasteiger charge is -2.45. The van der Waals surface area contributed by atoms with Crippen molar-refractivity contribution in [2.24, 2.45) is 0 Å². The second-order valence-corrected chi connectivity index (χ2v) is 6.31. The summed E-state index contributed by atoms with van der Waals surface area (Å²) in [4.78, 5) is 16.5. The molecule has 0 bridgehead atoms. The van der Waals surface area contributed by atoms with Crippen molar-refractivity contribution < 1.29 is 9.53 Å². The first-order valence-corrected chi connectivity index (χ1v) is 7.30. The maximum Gasteiger partial charge on any atom is 0.248 e. The molecule has 0 aliphatic carbocycles. The molecule has 0 radical (unpaired) electrons. The molecular formula is C14H27N3O2. The molecule has 2 rings (SSSR count). The number of piperazine rings is 1. The van der Waals surface area contributed by atoms with Crippen LogP contribution < -0.4 is 5.32 Å². The van der Waals surface area contributed by atoms with Gasteiger partial charge < -0.3 is 15.0 Å². The number of amides is 1. The number of carbonyl (C=O) groups excluding carboxylic acids is 1. The van der Waals surface area contributed by atoms with Gasteiger partial charge in [0.25, 0.3) is 0 Å². The van der Waals surface area contributed by atoms with Gasteiger partial charge in [-0.05, 0) is 46.8 Å². The van der Waals surface area contributed by atoms with Crippen LogP contribution in [0.2, 0.25) is 0 Å². The van der Waals surface area contributed by atoms with Crippen LogP contribution in [-0.2, 0) is 9.53 Å². The van der Waals surface area contributed by atoms with Crippen molar-refractivity contribution in [3.63, 3.8) is 0 Å². The van der Waals surface area contributed by atoms with E-state index in [9.17, 15) is 4.79 Å². The largest absolute Gasteiger partial charge is 0.368 e. The van der Waals surface area contributed by atoms with Crippen LogP contribution in [0.4, 0.5) is 0 Å². The van der Waals surface area contributed by atoms with E-state index in [2.05, 4.69) is 31.1 Å². The van der Waals surface area contributed by atoms with Crippen LogP contribution in [0.1, 0.15) is 26.7 Å². The molecule has 2 saturated heterocycles.